The maximum atomic E-state index is 6.04. The second-order valence-electron chi connectivity index (χ2n) is 5.71. The summed E-state index contributed by atoms with van der Waals surface area (Å²) in [6.07, 6.45) is 0. The molecule has 20 heavy (non-hydrogen) atoms. The number of piperazine rings is 1. The molecule has 0 aromatic heterocycles. The summed E-state index contributed by atoms with van der Waals surface area (Å²) in [6.45, 7) is 9.85. The van der Waals surface area contributed by atoms with E-state index in [1.165, 1.54) is 0 Å². The standard InChI is InChI=1S/C15H22ClN3S/c1-11(2)10-18-5-7-19(8-6-18)14-4-3-12(16)9-13(14)15(17)20/h3-4,9,11H,5-8,10H2,1-2H3,(H2,17,20). The van der Waals surface area contributed by atoms with Crippen molar-refractivity contribution in [3.63, 3.8) is 0 Å². The second-order valence-corrected chi connectivity index (χ2v) is 6.58. The number of hydrogen-bond acceptors (Lipinski definition) is 3. The number of halogens is 1. The Balaban J connectivity index is 2.09. The number of benzene rings is 1. The van der Waals surface area contributed by atoms with E-state index < -0.39 is 0 Å². The lowest BCUT2D eigenvalue weighted by Gasteiger charge is -2.37. The lowest BCUT2D eigenvalue weighted by atomic mass is 10.1. The summed E-state index contributed by atoms with van der Waals surface area (Å²) in [4.78, 5) is 5.27. The fraction of sp³-hybridized carbons (Fsp3) is 0.533. The monoisotopic (exact) mass is 311 g/mol. The molecule has 0 radical (unpaired) electrons. The zero-order valence-electron chi connectivity index (χ0n) is 12.1. The molecular weight excluding hydrogens is 290 g/mol. The van der Waals surface area contributed by atoms with Gasteiger partial charge < -0.3 is 10.6 Å². The Hall–Kier alpha value is -0.840. The SMILES string of the molecule is CC(C)CN1CCN(c2ccc(Cl)cc2C(N)=S)CC1. The average molecular weight is 312 g/mol. The van der Waals surface area contributed by atoms with E-state index in [0.717, 1.165) is 44.0 Å². The molecule has 0 aliphatic carbocycles. The van der Waals surface area contributed by atoms with E-state index in [4.69, 9.17) is 29.6 Å². The van der Waals surface area contributed by atoms with Crippen molar-refractivity contribution in [2.45, 2.75) is 13.8 Å². The number of hydrogen-bond donors (Lipinski definition) is 1. The molecule has 110 valence electrons. The number of anilines is 1. The van der Waals surface area contributed by atoms with Crippen LogP contribution in [-0.4, -0.2) is 42.6 Å². The third-order valence-corrected chi connectivity index (χ3v) is 4.02. The highest BCUT2D eigenvalue weighted by molar-refractivity contribution is 7.80. The van der Waals surface area contributed by atoms with Crippen LogP contribution in [0.15, 0.2) is 18.2 Å². The number of rotatable bonds is 4. The molecule has 0 atom stereocenters. The summed E-state index contributed by atoms with van der Waals surface area (Å²) in [5, 5.41) is 0.676. The molecule has 5 heteroatoms. The van der Waals surface area contributed by atoms with Gasteiger partial charge in [-0.2, -0.15) is 0 Å². The summed E-state index contributed by atoms with van der Waals surface area (Å²) in [5.74, 6) is 0.712. The maximum absolute atomic E-state index is 6.04. The molecule has 0 spiro atoms. The normalized spacial score (nSPS) is 16.7. The Kier molecular flexibility index (Phi) is 5.24. The Morgan fingerprint density at radius 1 is 1.30 bits per heavy atom. The molecule has 1 aromatic carbocycles. The molecule has 0 amide bonds. The molecule has 1 aliphatic rings. The maximum Gasteiger partial charge on any atom is 0.106 e. The van der Waals surface area contributed by atoms with Crippen molar-refractivity contribution in [1.29, 1.82) is 0 Å². The molecule has 3 nitrogen and oxygen atoms in total. The van der Waals surface area contributed by atoms with Crippen LogP contribution in [0.2, 0.25) is 5.02 Å². The van der Waals surface area contributed by atoms with E-state index in [0.29, 0.717) is 15.9 Å². The fourth-order valence-electron chi connectivity index (χ4n) is 2.67. The third-order valence-electron chi connectivity index (χ3n) is 3.56. The van der Waals surface area contributed by atoms with Crippen molar-refractivity contribution in [3.8, 4) is 0 Å². The summed E-state index contributed by atoms with van der Waals surface area (Å²) in [7, 11) is 0. The Morgan fingerprint density at radius 3 is 2.50 bits per heavy atom. The van der Waals surface area contributed by atoms with Crippen LogP contribution in [0, 0.1) is 5.92 Å². The summed E-state index contributed by atoms with van der Waals surface area (Å²) < 4.78 is 0. The molecule has 0 unspecified atom stereocenters. The van der Waals surface area contributed by atoms with Gasteiger partial charge in [0.15, 0.2) is 0 Å². The zero-order chi connectivity index (χ0) is 14.7. The first kappa shape index (κ1) is 15.5. The number of nitrogens with zero attached hydrogens (tertiary/aromatic N) is 2. The van der Waals surface area contributed by atoms with Gasteiger partial charge in [-0.15, -0.1) is 0 Å². The number of thiocarbonyl (C=S) groups is 1. The molecule has 1 heterocycles. The van der Waals surface area contributed by atoms with Crippen LogP contribution >= 0.6 is 23.8 Å². The van der Waals surface area contributed by atoms with Gasteiger partial charge >= 0.3 is 0 Å². The van der Waals surface area contributed by atoms with E-state index in [2.05, 4.69) is 23.6 Å². The van der Waals surface area contributed by atoms with Crippen LogP contribution in [0.3, 0.4) is 0 Å². The van der Waals surface area contributed by atoms with Crippen molar-refractivity contribution in [3.05, 3.63) is 28.8 Å². The highest BCUT2D eigenvalue weighted by Gasteiger charge is 2.20. The van der Waals surface area contributed by atoms with E-state index in [1.54, 1.807) is 0 Å². The predicted molar refractivity (Wildman–Crippen MR) is 90.8 cm³/mol. The van der Waals surface area contributed by atoms with Crippen molar-refractivity contribution < 1.29 is 0 Å². The van der Waals surface area contributed by atoms with E-state index in [9.17, 15) is 0 Å². The Bertz CT molecular complexity index is 482. The van der Waals surface area contributed by atoms with Gasteiger partial charge in [0.1, 0.15) is 4.99 Å². The molecule has 1 aromatic rings. The third kappa shape index (κ3) is 3.84. The van der Waals surface area contributed by atoms with Crippen molar-refractivity contribution in [2.24, 2.45) is 11.7 Å². The van der Waals surface area contributed by atoms with Crippen LogP contribution in [-0.2, 0) is 0 Å². The Labute approximate surface area is 131 Å². The van der Waals surface area contributed by atoms with Crippen LogP contribution in [0.1, 0.15) is 19.4 Å². The summed E-state index contributed by atoms with van der Waals surface area (Å²) >= 11 is 11.2. The van der Waals surface area contributed by atoms with Crippen molar-refractivity contribution in [1.82, 2.24) is 4.90 Å². The molecule has 1 saturated heterocycles. The molecule has 2 N–H and O–H groups in total. The molecule has 1 aliphatic heterocycles. The fourth-order valence-corrected chi connectivity index (χ4v) is 3.00. The van der Waals surface area contributed by atoms with Gasteiger partial charge in [0.2, 0.25) is 0 Å². The average Bonchev–Trinajstić information content (AvgIpc) is 2.39. The Morgan fingerprint density at radius 2 is 1.95 bits per heavy atom. The van der Waals surface area contributed by atoms with Gasteiger partial charge in [-0.3, -0.25) is 4.90 Å². The highest BCUT2D eigenvalue weighted by atomic mass is 35.5. The molecule has 0 bridgehead atoms. The van der Waals surface area contributed by atoms with E-state index >= 15 is 0 Å². The number of nitrogens with two attached hydrogens (primary N) is 1. The minimum absolute atomic E-state index is 0.409. The van der Waals surface area contributed by atoms with Gasteiger partial charge in [-0.25, -0.2) is 0 Å². The topological polar surface area (TPSA) is 32.5 Å². The first-order valence-electron chi connectivity index (χ1n) is 7.04. The minimum atomic E-state index is 0.409. The molecule has 2 rings (SSSR count). The highest BCUT2D eigenvalue weighted by Crippen LogP contribution is 2.25. The lowest BCUT2D eigenvalue weighted by molar-refractivity contribution is 0.231. The van der Waals surface area contributed by atoms with Crippen molar-refractivity contribution in [2.75, 3.05) is 37.6 Å². The van der Waals surface area contributed by atoms with Crippen LogP contribution < -0.4 is 10.6 Å². The predicted octanol–water partition coefficient (Wildman–Crippen LogP) is 2.75. The quantitative estimate of drug-likeness (QED) is 0.867. The zero-order valence-corrected chi connectivity index (χ0v) is 13.7. The van der Waals surface area contributed by atoms with E-state index in [1.807, 2.05) is 18.2 Å². The van der Waals surface area contributed by atoms with E-state index in [-0.39, 0.29) is 0 Å². The van der Waals surface area contributed by atoms with Crippen molar-refractivity contribution >= 4 is 34.5 Å². The first-order chi connectivity index (χ1) is 9.47. The summed E-state index contributed by atoms with van der Waals surface area (Å²) in [5.41, 5.74) is 7.80. The lowest BCUT2D eigenvalue weighted by Crippen LogP contribution is -2.47. The summed E-state index contributed by atoms with van der Waals surface area (Å²) in [6, 6.07) is 5.79. The van der Waals surface area contributed by atoms with Gasteiger partial charge in [0.05, 0.1) is 0 Å². The van der Waals surface area contributed by atoms with Crippen LogP contribution in [0.25, 0.3) is 0 Å². The largest absolute Gasteiger partial charge is 0.389 e. The van der Waals surface area contributed by atoms with Gasteiger partial charge in [-0.05, 0) is 24.1 Å². The van der Waals surface area contributed by atoms with Crippen LogP contribution in [0.5, 0.6) is 0 Å². The minimum Gasteiger partial charge on any atom is -0.389 e. The first-order valence-corrected chi connectivity index (χ1v) is 7.82. The molecule has 0 saturated carbocycles. The molecular formula is C15H22ClN3S. The second kappa shape index (κ2) is 6.74. The van der Waals surface area contributed by atoms with Gasteiger partial charge in [0.25, 0.3) is 0 Å². The smallest absolute Gasteiger partial charge is 0.106 e. The van der Waals surface area contributed by atoms with Gasteiger partial charge in [-0.1, -0.05) is 37.7 Å². The molecule has 1 fully saturated rings. The van der Waals surface area contributed by atoms with Crippen LogP contribution in [0.4, 0.5) is 5.69 Å². The van der Waals surface area contributed by atoms with Gasteiger partial charge in [0, 0.05) is 49.0 Å².